The van der Waals surface area contributed by atoms with E-state index in [-0.39, 0.29) is 6.04 Å². The third-order valence-electron chi connectivity index (χ3n) is 1.59. The van der Waals surface area contributed by atoms with Crippen molar-refractivity contribution < 1.29 is 0 Å². The van der Waals surface area contributed by atoms with E-state index in [1.54, 1.807) is 6.20 Å². The molecule has 0 saturated heterocycles. The molecule has 2 aromatic rings. The second-order valence-electron chi connectivity index (χ2n) is 3.02. The molecule has 0 bridgehead atoms. The van der Waals surface area contributed by atoms with Crippen LogP contribution in [0.4, 0.5) is 5.95 Å². The summed E-state index contributed by atoms with van der Waals surface area (Å²) < 4.78 is 3.77. The molecule has 1 unspecified atom stereocenters. The molecular weight excluding hydrogens is 200 g/mol. The molecule has 0 fully saturated rings. The van der Waals surface area contributed by atoms with Gasteiger partial charge in [0.05, 0.1) is 6.20 Å². The van der Waals surface area contributed by atoms with E-state index in [0.717, 1.165) is 10.3 Å². The van der Waals surface area contributed by atoms with Crippen molar-refractivity contribution in [2.75, 3.05) is 11.9 Å². The minimum absolute atomic E-state index is 0.0777. The molecule has 0 saturated carbocycles. The molecule has 7 heteroatoms. The maximum atomic E-state index is 5.59. The second-order valence-corrected chi connectivity index (χ2v) is 3.75. The highest BCUT2D eigenvalue weighted by molar-refractivity contribution is 7.12. The van der Waals surface area contributed by atoms with Crippen LogP contribution in [-0.4, -0.2) is 32.1 Å². The average molecular weight is 210 g/mol. The van der Waals surface area contributed by atoms with Crippen LogP contribution in [0.2, 0.25) is 0 Å². The first-order valence-electron chi connectivity index (χ1n) is 4.20. The van der Waals surface area contributed by atoms with Crippen molar-refractivity contribution in [3.05, 3.63) is 6.20 Å². The Hall–Kier alpha value is -1.34. The number of fused-ring (bicyclic) bond motifs is 1. The number of nitrogens with zero attached hydrogens (tertiary/aromatic N) is 4. The fourth-order valence-electron chi connectivity index (χ4n) is 0.936. The summed E-state index contributed by atoms with van der Waals surface area (Å²) in [6, 6.07) is 0.0777. The largest absolute Gasteiger partial charge is 0.353 e. The van der Waals surface area contributed by atoms with E-state index in [4.69, 9.17) is 5.73 Å². The van der Waals surface area contributed by atoms with Gasteiger partial charge in [-0.3, -0.25) is 0 Å². The van der Waals surface area contributed by atoms with Gasteiger partial charge in [0, 0.05) is 24.1 Å². The minimum atomic E-state index is 0.0777. The van der Waals surface area contributed by atoms with E-state index in [0.29, 0.717) is 12.5 Å². The van der Waals surface area contributed by atoms with Crippen molar-refractivity contribution in [3.63, 3.8) is 0 Å². The van der Waals surface area contributed by atoms with Crippen LogP contribution >= 0.6 is 11.5 Å². The van der Waals surface area contributed by atoms with Crippen LogP contribution in [0.15, 0.2) is 6.20 Å². The van der Waals surface area contributed by atoms with Crippen molar-refractivity contribution >= 4 is 27.8 Å². The molecule has 0 aromatic carbocycles. The lowest BCUT2D eigenvalue weighted by molar-refractivity contribution is 0.774. The zero-order chi connectivity index (χ0) is 9.97. The van der Waals surface area contributed by atoms with Gasteiger partial charge in [-0.2, -0.15) is 4.98 Å². The number of aromatic nitrogens is 4. The SMILES string of the molecule is CC(N)CNc1ncc2nnsc2n1. The van der Waals surface area contributed by atoms with Crippen LogP contribution in [0.25, 0.3) is 10.3 Å². The van der Waals surface area contributed by atoms with Crippen molar-refractivity contribution in [1.29, 1.82) is 0 Å². The number of hydrogen-bond acceptors (Lipinski definition) is 7. The van der Waals surface area contributed by atoms with Gasteiger partial charge in [-0.1, -0.05) is 4.49 Å². The van der Waals surface area contributed by atoms with Gasteiger partial charge in [0.2, 0.25) is 5.95 Å². The predicted octanol–water partition coefficient (Wildman–Crippen LogP) is 0.240. The summed E-state index contributed by atoms with van der Waals surface area (Å²) >= 11 is 1.25. The van der Waals surface area contributed by atoms with E-state index < -0.39 is 0 Å². The van der Waals surface area contributed by atoms with Crippen LogP contribution in [-0.2, 0) is 0 Å². The molecule has 0 aliphatic carbocycles. The molecule has 1 atom stereocenters. The fraction of sp³-hybridized carbons (Fsp3) is 0.429. The minimum Gasteiger partial charge on any atom is -0.353 e. The lowest BCUT2D eigenvalue weighted by Gasteiger charge is -2.06. The summed E-state index contributed by atoms with van der Waals surface area (Å²) in [6.07, 6.45) is 1.65. The van der Waals surface area contributed by atoms with Crippen LogP contribution in [0, 0.1) is 0 Å². The standard InChI is InChI=1S/C7H10N6S/c1-4(8)2-9-7-10-3-5-6(11-7)14-13-12-5/h3-4H,2,8H2,1H3,(H,9,10,11). The Kier molecular flexibility index (Phi) is 2.51. The van der Waals surface area contributed by atoms with E-state index in [2.05, 4.69) is 24.9 Å². The lowest BCUT2D eigenvalue weighted by atomic mass is 10.4. The summed E-state index contributed by atoms with van der Waals surface area (Å²) in [4.78, 5) is 9.08. The summed E-state index contributed by atoms with van der Waals surface area (Å²) in [5, 5.41) is 6.88. The topological polar surface area (TPSA) is 89.6 Å². The molecule has 0 aliphatic heterocycles. The molecule has 6 nitrogen and oxygen atoms in total. The molecule has 2 aromatic heterocycles. The van der Waals surface area contributed by atoms with Gasteiger partial charge >= 0.3 is 0 Å². The Morgan fingerprint density at radius 1 is 1.64 bits per heavy atom. The summed E-state index contributed by atoms with van der Waals surface area (Å²) in [5.74, 6) is 0.570. The lowest BCUT2D eigenvalue weighted by Crippen LogP contribution is -2.25. The van der Waals surface area contributed by atoms with Gasteiger partial charge in [0.15, 0.2) is 4.83 Å². The Morgan fingerprint density at radius 2 is 2.50 bits per heavy atom. The molecule has 74 valence electrons. The van der Waals surface area contributed by atoms with Gasteiger partial charge in [0.25, 0.3) is 0 Å². The predicted molar refractivity (Wildman–Crippen MR) is 55.1 cm³/mol. The number of rotatable bonds is 3. The molecule has 2 heterocycles. The normalized spacial score (nSPS) is 13.0. The molecule has 14 heavy (non-hydrogen) atoms. The maximum absolute atomic E-state index is 5.59. The molecule has 0 radical (unpaired) electrons. The van der Waals surface area contributed by atoms with Crippen LogP contribution in [0.3, 0.4) is 0 Å². The van der Waals surface area contributed by atoms with Crippen molar-refractivity contribution in [2.45, 2.75) is 13.0 Å². The van der Waals surface area contributed by atoms with Gasteiger partial charge in [-0.15, -0.1) is 5.10 Å². The molecule has 3 N–H and O–H groups in total. The van der Waals surface area contributed by atoms with Crippen molar-refractivity contribution in [1.82, 2.24) is 19.6 Å². The third kappa shape index (κ3) is 1.94. The molecule has 0 aliphatic rings. The van der Waals surface area contributed by atoms with Crippen LogP contribution < -0.4 is 11.1 Å². The Labute approximate surface area is 84.7 Å². The first kappa shape index (κ1) is 9.22. The second kappa shape index (κ2) is 3.81. The number of anilines is 1. The van der Waals surface area contributed by atoms with Crippen LogP contribution in [0.5, 0.6) is 0 Å². The van der Waals surface area contributed by atoms with Crippen molar-refractivity contribution in [3.8, 4) is 0 Å². The summed E-state index contributed by atoms with van der Waals surface area (Å²) in [7, 11) is 0. The van der Waals surface area contributed by atoms with Gasteiger partial charge in [-0.05, 0) is 6.92 Å². The van der Waals surface area contributed by atoms with Gasteiger partial charge in [-0.25, -0.2) is 4.98 Å². The summed E-state index contributed by atoms with van der Waals surface area (Å²) in [5.41, 5.74) is 6.32. The zero-order valence-corrected chi connectivity index (χ0v) is 8.45. The van der Waals surface area contributed by atoms with Gasteiger partial charge < -0.3 is 11.1 Å². The molecule has 0 amide bonds. The smallest absolute Gasteiger partial charge is 0.224 e. The van der Waals surface area contributed by atoms with E-state index in [1.807, 2.05) is 6.92 Å². The Balaban J connectivity index is 2.17. The average Bonchev–Trinajstić information content (AvgIpc) is 2.61. The Bertz CT molecular complexity index is 425. The monoisotopic (exact) mass is 210 g/mol. The highest BCUT2D eigenvalue weighted by Gasteiger charge is 2.03. The first-order chi connectivity index (χ1) is 6.75. The van der Waals surface area contributed by atoms with E-state index in [9.17, 15) is 0 Å². The van der Waals surface area contributed by atoms with Crippen molar-refractivity contribution in [2.24, 2.45) is 5.73 Å². The molecule has 0 spiro atoms. The first-order valence-corrected chi connectivity index (χ1v) is 4.97. The van der Waals surface area contributed by atoms with E-state index in [1.165, 1.54) is 11.5 Å². The van der Waals surface area contributed by atoms with Crippen LogP contribution in [0.1, 0.15) is 6.92 Å². The highest BCUT2D eigenvalue weighted by Crippen LogP contribution is 2.12. The maximum Gasteiger partial charge on any atom is 0.224 e. The molecule has 2 rings (SSSR count). The number of nitrogens with two attached hydrogens (primary N) is 1. The quantitative estimate of drug-likeness (QED) is 0.754. The highest BCUT2D eigenvalue weighted by atomic mass is 32.1. The third-order valence-corrected chi connectivity index (χ3v) is 2.23. The molecular formula is C7H10N6S. The zero-order valence-electron chi connectivity index (χ0n) is 7.64. The van der Waals surface area contributed by atoms with E-state index >= 15 is 0 Å². The fourth-order valence-corrected chi connectivity index (χ4v) is 1.46. The summed E-state index contributed by atoms with van der Waals surface area (Å²) in [6.45, 7) is 2.57. The number of hydrogen-bond donors (Lipinski definition) is 2. The van der Waals surface area contributed by atoms with Gasteiger partial charge in [0.1, 0.15) is 5.52 Å². The Morgan fingerprint density at radius 3 is 3.29 bits per heavy atom. The number of nitrogens with one attached hydrogen (secondary N) is 1.